The molecule has 1 aromatic heterocycles. The van der Waals surface area contributed by atoms with Crippen molar-refractivity contribution >= 4 is 17.7 Å². The van der Waals surface area contributed by atoms with Gasteiger partial charge in [0.25, 0.3) is 5.91 Å². The summed E-state index contributed by atoms with van der Waals surface area (Å²) in [5.41, 5.74) is 2.58. The average molecular weight is 426 g/mol. The van der Waals surface area contributed by atoms with Crippen LogP contribution in [0.1, 0.15) is 27.4 Å². The van der Waals surface area contributed by atoms with Crippen LogP contribution in [0, 0.1) is 13.8 Å². The van der Waals surface area contributed by atoms with Gasteiger partial charge in [0, 0.05) is 22.3 Å². The van der Waals surface area contributed by atoms with Crippen LogP contribution in [0.25, 0.3) is 0 Å². The van der Waals surface area contributed by atoms with Crippen LogP contribution < -0.4 is 19.5 Å². The third-order valence-corrected chi connectivity index (χ3v) is 5.79. The van der Waals surface area contributed by atoms with Crippen molar-refractivity contribution in [2.24, 2.45) is 0 Å². The van der Waals surface area contributed by atoms with Crippen molar-refractivity contribution in [1.29, 1.82) is 0 Å². The number of carbonyl (C=O) groups is 1. The number of amides is 1. The van der Waals surface area contributed by atoms with Crippen LogP contribution >= 0.6 is 11.8 Å². The maximum atomic E-state index is 12.7. The first-order chi connectivity index (χ1) is 14.6. The molecule has 0 aliphatic carbocycles. The standard InChI is InChI=1S/C22H22N2O5S/c1-14-18(15(2)29-24-14)12-30-21-6-4-3-5-17(21)22(25)23-9-10-26-16-7-8-19-20(11-16)28-13-27-19/h3-8,11H,9-10,12-13H2,1-2H3,(H,23,25). The minimum atomic E-state index is -0.133. The van der Waals surface area contributed by atoms with Gasteiger partial charge in [0.2, 0.25) is 6.79 Å². The minimum Gasteiger partial charge on any atom is -0.492 e. The van der Waals surface area contributed by atoms with E-state index in [1.807, 2.05) is 50.2 Å². The molecule has 0 fully saturated rings. The summed E-state index contributed by atoms with van der Waals surface area (Å²) >= 11 is 1.59. The molecule has 0 bridgehead atoms. The Balaban J connectivity index is 1.30. The Morgan fingerprint density at radius 3 is 2.83 bits per heavy atom. The highest BCUT2D eigenvalue weighted by Crippen LogP contribution is 2.35. The molecule has 0 saturated carbocycles. The summed E-state index contributed by atoms with van der Waals surface area (Å²) in [7, 11) is 0. The number of carbonyl (C=O) groups excluding carboxylic acids is 1. The zero-order valence-corrected chi connectivity index (χ0v) is 17.6. The molecule has 2 heterocycles. The molecule has 0 radical (unpaired) electrons. The number of ether oxygens (including phenoxy) is 3. The fourth-order valence-electron chi connectivity index (χ4n) is 3.03. The van der Waals surface area contributed by atoms with Crippen LogP contribution in [0.4, 0.5) is 0 Å². The van der Waals surface area contributed by atoms with Gasteiger partial charge in [0.15, 0.2) is 11.5 Å². The number of hydrogen-bond donors (Lipinski definition) is 1. The monoisotopic (exact) mass is 426 g/mol. The Hall–Kier alpha value is -3.13. The van der Waals surface area contributed by atoms with E-state index in [0.29, 0.717) is 41.7 Å². The Morgan fingerprint density at radius 2 is 2.00 bits per heavy atom. The molecule has 8 heteroatoms. The Kier molecular flexibility index (Phi) is 6.13. The highest BCUT2D eigenvalue weighted by atomic mass is 32.2. The molecule has 1 amide bonds. The molecule has 1 N–H and O–H groups in total. The van der Waals surface area contributed by atoms with Gasteiger partial charge in [-0.05, 0) is 38.1 Å². The fourth-order valence-corrected chi connectivity index (χ4v) is 4.24. The average Bonchev–Trinajstić information content (AvgIpc) is 3.35. The van der Waals surface area contributed by atoms with E-state index in [2.05, 4.69) is 10.5 Å². The van der Waals surface area contributed by atoms with Gasteiger partial charge in [0.05, 0.1) is 17.8 Å². The largest absolute Gasteiger partial charge is 0.492 e. The van der Waals surface area contributed by atoms with Crippen molar-refractivity contribution in [1.82, 2.24) is 10.5 Å². The predicted molar refractivity (Wildman–Crippen MR) is 112 cm³/mol. The smallest absolute Gasteiger partial charge is 0.252 e. The molecule has 30 heavy (non-hydrogen) atoms. The second-order valence-electron chi connectivity index (χ2n) is 6.71. The lowest BCUT2D eigenvalue weighted by atomic mass is 10.2. The van der Waals surface area contributed by atoms with E-state index in [4.69, 9.17) is 18.7 Å². The van der Waals surface area contributed by atoms with Gasteiger partial charge < -0.3 is 24.1 Å². The highest BCUT2D eigenvalue weighted by molar-refractivity contribution is 7.98. The van der Waals surface area contributed by atoms with Gasteiger partial charge in [0.1, 0.15) is 18.1 Å². The number of aromatic nitrogens is 1. The first kappa shape index (κ1) is 20.2. The molecule has 1 aliphatic heterocycles. The number of fused-ring (bicyclic) bond motifs is 1. The normalized spacial score (nSPS) is 12.1. The van der Waals surface area contributed by atoms with Crippen molar-refractivity contribution in [2.75, 3.05) is 19.9 Å². The zero-order valence-electron chi connectivity index (χ0n) is 16.8. The van der Waals surface area contributed by atoms with Crippen LogP contribution in [0.2, 0.25) is 0 Å². The van der Waals surface area contributed by atoms with Crippen molar-refractivity contribution in [3.63, 3.8) is 0 Å². The lowest BCUT2D eigenvalue weighted by Crippen LogP contribution is -2.28. The number of nitrogens with zero attached hydrogens (tertiary/aromatic N) is 1. The Labute approximate surface area is 178 Å². The fraction of sp³-hybridized carbons (Fsp3) is 0.273. The molecular formula is C22H22N2O5S. The first-order valence-corrected chi connectivity index (χ1v) is 10.5. The molecule has 3 aromatic rings. The van der Waals surface area contributed by atoms with Gasteiger partial charge in [-0.25, -0.2) is 0 Å². The summed E-state index contributed by atoms with van der Waals surface area (Å²) in [4.78, 5) is 13.6. The lowest BCUT2D eigenvalue weighted by Gasteiger charge is -2.11. The summed E-state index contributed by atoms with van der Waals surface area (Å²) in [6.07, 6.45) is 0. The number of aryl methyl sites for hydroxylation is 2. The number of nitrogens with one attached hydrogen (secondary N) is 1. The van der Waals surface area contributed by atoms with E-state index in [1.165, 1.54) is 0 Å². The third kappa shape index (κ3) is 4.54. The summed E-state index contributed by atoms with van der Waals surface area (Å²) in [5.74, 6) is 3.42. The zero-order chi connectivity index (χ0) is 20.9. The molecule has 0 unspecified atom stereocenters. The SMILES string of the molecule is Cc1noc(C)c1CSc1ccccc1C(=O)NCCOc1ccc2c(c1)OCO2. The summed E-state index contributed by atoms with van der Waals surface area (Å²) < 4.78 is 21.5. The predicted octanol–water partition coefficient (Wildman–Crippen LogP) is 4.12. The topological polar surface area (TPSA) is 82.8 Å². The summed E-state index contributed by atoms with van der Waals surface area (Å²) in [5, 5.41) is 6.90. The van der Waals surface area contributed by atoms with E-state index in [0.717, 1.165) is 21.9 Å². The number of benzene rings is 2. The van der Waals surface area contributed by atoms with Crippen LogP contribution in [-0.2, 0) is 5.75 Å². The molecule has 0 atom stereocenters. The summed E-state index contributed by atoms with van der Waals surface area (Å²) in [6.45, 7) is 4.78. The van der Waals surface area contributed by atoms with Crippen molar-refractivity contribution < 1.29 is 23.5 Å². The maximum Gasteiger partial charge on any atom is 0.252 e. The Morgan fingerprint density at radius 1 is 1.17 bits per heavy atom. The first-order valence-electron chi connectivity index (χ1n) is 9.56. The quantitative estimate of drug-likeness (QED) is 0.428. The lowest BCUT2D eigenvalue weighted by molar-refractivity contribution is 0.0944. The van der Waals surface area contributed by atoms with Gasteiger partial charge in [-0.15, -0.1) is 11.8 Å². The molecule has 0 spiro atoms. The van der Waals surface area contributed by atoms with Crippen molar-refractivity contribution in [3.05, 3.63) is 65.0 Å². The maximum absolute atomic E-state index is 12.7. The van der Waals surface area contributed by atoms with Crippen LogP contribution in [-0.4, -0.2) is 31.0 Å². The molecule has 1 aliphatic rings. The Bertz CT molecular complexity index is 1030. The third-order valence-electron chi connectivity index (χ3n) is 4.69. The molecule has 156 valence electrons. The molecule has 7 nitrogen and oxygen atoms in total. The van der Waals surface area contributed by atoms with Crippen LogP contribution in [0.3, 0.4) is 0 Å². The minimum absolute atomic E-state index is 0.133. The summed E-state index contributed by atoms with van der Waals surface area (Å²) in [6, 6.07) is 13.0. The molecule has 0 saturated heterocycles. The van der Waals surface area contributed by atoms with Crippen molar-refractivity contribution in [3.8, 4) is 17.2 Å². The molecule has 4 rings (SSSR count). The van der Waals surface area contributed by atoms with E-state index in [9.17, 15) is 4.79 Å². The number of hydrogen-bond acceptors (Lipinski definition) is 7. The van der Waals surface area contributed by atoms with E-state index in [-0.39, 0.29) is 12.7 Å². The highest BCUT2D eigenvalue weighted by Gasteiger charge is 2.15. The van der Waals surface area contributed by atoms with E-state index >= 15 is 0 Å². The van der Waals surface area contributed by atoms with Gasteiger partial charge in [-0.1, -0.05) is 17.3 Å². The molecule has 2 aromatic carbocycles. The molecular weight excluding hydrogens is 404 g/mol. The van der Waals surface area contributed by atoms with E-state index in [1.54, 1.807) is 17.8 Å². The number of rotatable bonds is 8. The second kappa shape index (κ2) is 9.13. The van der Waals surface area contributed by atoms with Gasteiger partial charge >= 0.3 is 0 Å². The van der Waals surface area contributed by atoms with Gasteiger partial charge in [-0.2, -0.15) is 0 Å². The van der Waals surface area contributed by atoms with Crippen LogP contribution in [0.5, 0.6) is 17.2 Å². The van der Waals surface area contributed by atoms with Gasteiger partial charge in [-0.3, -0.25) is 4.79 Å². The van der Waals surface area contributed by atoms with Crippen LogP contribution in [0.15, 0.2) is 51.9 Å². The van der Waals surface area contributed by atoms with E-state index < -0.39 is 0 Å². The number of thioether (sulfide) groups is 1. The second-order valence-corrected chi connectivity index (χ2v) is 7.72. The van der Waals surface area contributed by atoms with Crippen molar-refractivity contribution in [2.45, 2.75) is 24.5 Å².